The number of aldehydes is 1. The van der Waals surface area contributed by atoms with E-state index in [-0.39, 0.29) is 6.29 Å². The zero-order valence-electron chi connectivity index (χ0n) is 8.36. The molecular weight excluding hydrogens is 232 g/mol. The summed E-state index contributed by atoms with van der Waals surface area (Å²) < 4.78 is 0. The number of carboxylic acids is 3. The van der Waals surface area contributed by atoms with Crippen molar-refractivity contribution < 1.29 is 34.5 Å². The Labute approximate surface area is 94.7 Å². The highest BCUT2D eigenvalue weighted by atomic mass is 16.4. The van der Waals surface area contributed by atoms with Crippen molar-refractivity contribution in [3.63, 3.8) is 0 Å². The van der Waals surface area contributed by atoms with Gasteiger partial charge < -0.3 is 20.1 Å². The van der Waals surface area contributed by atoms with E-state index in [1.54, 1.807) is 0 Å². The minimum Gasteiger partial charge on any atom is -0.481 e. The molecule has 2 unspecified atom stereocenters. The van der Waals surface area contributed by atoms with E-state index in [4.69, 9.17) is 15.3 Å². The monoisotopic (exact) mass is 240 g/mol. The van der Waals surface area contributed by atoms with E-state index in [9.17, 15) is 19.2 Å². The fraction of sp³-hybridized carbons (Fsp3) is 0.200. The van der Waals surface area contributed by atoms with Gasteiger partial charge in [-0.25, -0.2) is 4.79 Å². The molecule has 7 heteroatoms. The van der Waals surface area contributed by atoms with Crippen LogP contribution in [0.5, 0.6) is 0 Å². The topological polar surface area (TPSA) is 129 Å². The summed E-state index contributed by atoms with van der Waals surface area (Å²) in [7, 11) is 0. The van der Waals surface area contributed by atoms with Crippen LogP contribution in [-0.2, 0) is 19.2 Å². The molecule has 1 rings (SSSR count). The first kappa shape index (κ1) is 12.6. The zero-order valence-corrected chi connectivity index (χ0v) is 8.36. The number of hydrogen-bond donors (Lipinski definition) is 3. The van der Waals surface area contributed by atoms with Crippen molar-refractivity contribution >= 4 is 24.2 Å². The summed E-state index contributed by atoms with van der Waals surface area (Å²) in [6, 6.07) is 0. The normalized spacial score (nSPS) is 27.1. The van der Waals surface area contributed by atoms with Crippen LogP contribution >= 0.6 is 0 Å². The van der Waals surface area contributed by atoms with E-state index in [1.807, 2.05) is 0 Å². The van der Waals surface area contributed by atoms with Crippen LogP contribution in [0, 0.1) is 11.3 Å². The Morgan fingerprint density at radius 3 is 2.18 bits per heavy atom. The van der Waals surface area contributed by atoms with Gasteiger partial charge in [0.25, 0.3) is 0 Å². The standard InChI is InChI=1S/C10H8O7/c11-4-10(9(16)17)5(7(12)13)2-1-3-6(10)8(14)15/h1-5H,(H,12,13)(H,14,15)(H,16,17). The Bertz CT molecular complexity index is 459. The van der Waals surface area contributed by atoms with Crippen molar-refractivity contribution in [1.29, 1.82) is 0 Å². The molecule has 1 aliphatic rings. The first-order valence-electron chi connectivity index (χ1n) is 4.42. The van der Waals surface area contributed by atoms with E-state index in [0.29, 0.717) is 0 Å². The molecule has 1 aliphatic carbocycles. The van der Waals surface area contributed by atoms with Gasteiger partial charge in [-0.05, 0) is 0 Å². The molecule has 90 valence electrons. The summed E-state index contributed by atoms with van der Waals surface area (Å²) in [5, 5.41) is 26.7. The number of carbonyl (C=O) groups is 4. The van der Waals surface area contributed by atoms with Crippen molar-refractivity contribution in [2.24, 2.45) is 11.3 Å². The van der Waals surface area contributed by atoms with Crippen molar-refractivity contribution in [2.75, 3.05) is 0 Å². The summed E-state index contributed by atoms with van der Waals surface area (Å²) in [6.07, 6.45) is 2.83. The Balaban J connectivity index is 3.51. The smallest absolute Gasteiger partial charge is 0.333 e. The number of rotatable bonds is 4. The molecule has 0 saturated heterocycles. The first-order valence-corrected chi connectivity index (χ1v) is 4.42. The predicted molar refractivity (Wildman–Crippen MR) is 52.1 cm³/mol. The Morgan fingerprint density at radius 1 is 1.24 bits per heavy atom. The molecule has 17 heavy (non-hydrogen) atoms. The summed E-state index contributed by atoms with van der Waals surface area (Å²) >= 11 is 0. The van der Waals surface area contributed by atoms with Crippen LogP contribution in [0.4, 0.5) is 0 Å². The van der Waals surface area contributed by atoms with Gasteiger partial charge in [-0.3, -0.25) is 9.59 Å². The van der Waals surface area contributed by atoms with Crippen LogP contribution in [0.3, 0.4) is 0 Å². The van der Waals surface area contributed by atoms with Crippen LogP contribution < -0.4 is 0 Å². The maximum atomic E-state index is 11.1. The SMILES string of the molecule is O=CC1(C(=O)O)C(C(=O)O)=CC=CC1C(=O)O. The Kier molecular flexibility index (Phi) is 3.12. The summed E-state index contributed by atoms with van der Waals surface area (Å²) in [5.41, 5.74) is -3.36. The van der Waals surface area contributed by atoms with Crippen LogP contribution in [-0.4, -0.2) is 39.5 Å². The van der Waals surface area contributed by atoms with Crippen molar-refractivity contribution in [2.45, 2.75) is 0 Å². The minimum atomic E-state index is -2.59. The van der Waals surface area contributed by atoms with Gasteiger partial charge in [0.2, 0.25) is 0 Å². The van der Waals surface area contributed by atoms with Crippen molar-refractivity contribution in [3.8, 4) is 0 Å². The fourth-order valence-electron chi connectivity index (χ4n) is 1.68. The van der Waals surface area contributed by atoms with Gasteiger partial charge in [0.1, 0.15) is 12.2 Å². The molecule has 0 heterocycles. The van der Waals surface area contributed by atoms with Crippen molar-refractivity contribution in [3.05, 3.63) is 23.8 Å². The zero-order chi connectivity index (χ0) is 13.2. The van der Waals surface area contributed by atoms with Crippen LogP contribution in [0.25, 0.3) is 0 Å². The summed E-state index contributed by atoms with van der Waals surface area (Å²) in [6.45, 7) is 0. The van der Waals surface area contributed by atoms with Crippen molar-refractivity contribution in [1.82, 2.24) is 0 Å². The van der Waals surface area contributed by atoms with Gasteiger partial charge >= 0.3 is 17.9 Å². The van der Waals surface area contributed by atoms with Gasteiger partial charge in [-0.2, -0.15) is 0 Å². The molecule has 0 saturated carbocycles. The summed E-state index contributed by atoms with van der Waals surface area (Å²) in [4.78, 5) is 43.9. The highest BCUT2D eigenvalue weighted by Gasteiger charge is 2.55. The van der Waals surface area contributed by atoms with Gasteiger partial charge in [0.15, 0.2) is 5.41 Å². The fourth-order valence-corrected chi connectivity index (χ4v) is 1.68. The number of hydrogen-bond acceptors (Lipinski definition) is 4. The molecule has 0 aromatic heterocycles. The largest absolute Gasteiger partial charge is 0.481 e. The highest BCUT2D eigenvalue weighted by Crippen LogP contribution is 2.38. The Hall–Kier alpha value is -2.44. The van der Waals surface area contributed by atoms with E-state index in [1.165, 1.54) is 0 Å². The third-order valence-corrected chi connectivity index (χ3v) is 2.54. The lowest BCUT2D eigenvalue weighted by Crippen LogP contribution is -2.47. The van der Waals surface area contributed by atoms with Crippen LogP contribution in [0.2, 0.25) is 0 Å². The second-order valence-electron chi connectivity index (χ2n) is 3.38. The van der Waals surface area contributed by atoms with Crippen LogP contribution in [0.15, 0.2) is 23.8 Å². The molecule has 0 aromatic rings. The maximum Gasteiger partial charge on any atom is 0.333 e. The molecule has 2 atom stereocenters. The molecule has 3 N–H and O–H groups in total. The molecule has 0 amide bonds. The average molecular weight is 240 g/mol. The molecule has 7 nitrogen and oxygen atoms in total. The molecule has 0 fully saturated rings. The third kappa shape index (κ3) is 1.71. The second-order valence-corrected chi connectivity index (χ2v) is 3.38. The highest BCUT2D eigenvalue weighted by molar-refractivity contribution is 6.10. The van der Waals surface area contributed by atoms with E-state index >= 15 is 0 Å². The van der Waals surface area contributed by atoms with Gasteiger partial charge in [-0.15, -0.1) is 0 Å². The average Bonchev–Trinajstić information content (AvgIpc) is 2.26. The molecule has 0 spiro atoms. The predicted octanol–water partition coefficient (Wildman–Crippen LogP) is -0.462. The lowest BCUT2D eigenvalue weighted by molar-refractivity contribution is -0.161. The molecule has 0 aliphatic heterocycles. The third-order valence-electron chi connectivity index (χ3n) is 2.54. The maximum absolute atomic E-state index is 11.1. The second kappa shape index (κ2) is 4.20. The first-order chi connectivity index (χ1) is 7.87. The minimum absolute atomic E-state index is 0.155. The van der Waals surface area contributed by atoms with Crippen LogP contribution in [0.1, 0.15) is 0 Å². The number of aliphatic carboxylic acids is 3. The van der Waals surface area contributed by atoms with Gasteiger partial charge in [0.05, 0.1) is 5.57 Å². The quantitative estimate of drug-likeness (QED) is 0.447. The molecule has 0 radical (unpaired) electrons. The summed E-state index contributed by atoms with van der Waals surface area (Å²) in [5.74, 6) is -6.77. The number of carboxylic acid groups (broad SMARTS) is 3. The van der Waals surface area contributed by atoms with E-state index < -0.39 is 34.8 Å². The van der Waals surface area contributed by atoms with E-state index in [0.717, 1.165) is 18.2 Å². The molecule has 0 bridgehead atoms. The number of carbonyl (C=O) groups excluding carboxylic acids is 1. The van der Waals surface area contributed by atoms with Gasteiger partial charge in [0, 0.05) is 0 Å². The van der Waals surface area contributed by atoms with Gasteiger partial charge in [-0.1, -0.05) is 18.2 Å². The molecule has 0 aromatic carbocycles. The lowest BCUT2D eigenvalue weighted by Gasteiger charge is -2.30. The lowest BCUT2D eigenvalue weighted by atomic mass is 9.68. The number of allylic oxidation sites excluding steroid dienone is 2. The van der Waals surface area contributed by atoms with E-state index in [2.05, 4.69) is 0 Å². The molecular formula is C10H8O7. The Morgan fingerprint density at radius 2 is 1.82 bits per heavy atom.